The Morgan fingerprint density at radius 1 is 0.848 bits per heavy atom. The molecule has 2 aromatic heterocycles. The molecule has 0 atom stereocenters. The number of fused-ring (bicyclic) bond motifs is 1. The van der Waals surface area contributed by atoms with Crippen molar-refractivity contribution in [2.24, 2.45) is 14.1 Å². The summed E-state index contributed by atoms with van der Waals surface area (Å²) in [5, 5.41) is 0.626. The van der Waals surface area contributed by atoms with Crippen LogP contribution in [0.15, 0.2) is 64.2 Å². The van der Waals surface area contributed by atoms with Gasteiger partial charge in [-0.05, 0) is 23.8 Å². The lowest BCUT2D eigenvalue weighted by atomic mass is 10.2. The molecule has 5 rings (SSSR count). The molecule has 1 aliphatic heterocycles. The molecule has 2 aromatic carbocycles. The van der Waals surface area contributed by atoms with E-state index in [-0.39, 0.29) is 5.56 Å². The third kappa shape index (κ3) is 3.70. The van der Waals surface area contributed by atoms with Gasteiger partial charge in [0.1, 0.15) is 0 Å². The molecule has 3 heterocycles. The lowest BCUT2D eigenvalue weighted by molar-refractivity contribution is 0.625. The van der Waals surface area contributed by atoms with E-state index in [1.807, 2.05) is 47.0 Å². The highest BCUT2D eigenvalue weighted by atomic mass is 35.5. The second-order valence-corrected chi connectivity index (χ2v) is 8.68. The summed E-state index contributed by atoms with van der Waals surface area (Å²) in [4.78, 5) is 35.0. The number of halogens is 1. The molecule has 170 valence electrons. The number of hydrogen-bond donors (Lipinski definition) is 0. The molecule has 8 nitrogen and oxygen atoms in total. The summed E-state index contributed by atoms with van der Waals surface area (Å²) in [7, 11) is 3.14. The van der Waals surface area contributed by atoms with Gasteiger partial charge in [-0.2, -0.15) is 4.98 Å². The first-order valence-corrected chi connectivity index (χ1v) is 11.3. The molecular formula is C24H25ClN6O2. The van der Waals surface area contributed by atoms with Crippen LogP contribution in [0.2, 0.25) is 5.02 Å². The second kappa shape index (κ2) is 8.44. The molecule has 1 saturated heterocycles. The topological polar surface area (TPSA) is 68.3 Å². The van der Waals surface area contributed by atoms with Crippen LogP contribution < -0.4 is 21.0 Å². The van der Waals surface area contributed by atoms with Crippen molar-refractivity contribution in [1.29, 1.82) is 0 Å². The zero-order valence-corrected chi connectivity index (χ0v) is 19.4. The fraction of sp³-hybridized carbons (Fsp3) is 0.292. The lowest BCUT2D eigenvalue weighted by Gasteiger charge is -2.36. The van der Waals surface area contributed by atoms with Gasteiger partial charge in [0, 0.05) is 51.0 Å². The lowest BCUT2D eigenvalue weighted by Crippen LogP contribution is -2.47. The molecule has 0 aliphatic carbocycles. The Kier molecular flexibility index (Phi) is 5.46. The van der Waals surface area contributed by atoms with E-state index in [9.17, 15) is 9.59 Å². The first-order chi connectivity index (χ1) is 16.0. The minimum atomic E-state index is -0.393. The number of imidazole rings is 1. The van der Waals surface area contributed by atoms with Gasteiger partial charge in [-0.1, -0.05) is 48.0 Å². The predicted octanol–water partition coefficient (Wildman–Crippen LogP) is 2.46. The van der Waals surface area contributed by atoms with Crippen LogP contribution in [0.1, 0.15) is 5.56 Å². The zero-order valence-electron chi connectivity index (χ0n) is 18.6. The fourth-order valence-electron chi connectivity index (χ4n) is 4.43. The number of rotatable bonds is 4. The molecule has 0 radical (unpaired) electrons. The average molecular weight is 465 g/mol. The van der Waals surface area contributed by atoms with E-state index >= 15 is 0 Å². The third-order valence-corrected chi connectivity index (χ3v) is 6.67. The van der Waals surface area contributed by atoms with Crippen LogP contribution in [0.4, 0.5) is 11.6 Å². The van der Waals surface area contributed by atoms with Gasteiger partial charge in [0.15, 0.2) is 11.2 Å². The minimum absolute atomic E-state index is 0.359. The number of benzene rings is 2. The van der Waals surface area contributed by atoms with Crippen LogP contribution in [0, 0.1) is 0 Å². The number of para-hydroxylation sites is 1. The second-order valence-electron chi connectivity index (χ2n) is 8.28. The van der Waals surface area contributed by atoms with E-state index in [1.165, 1.54) is 17.3 Å². The Morgan fingerprint density at radius 2 is 1.48 bits per heavy atom. The predicted molar refractivity (Wildman–Crippen MR) is 132 cm³/mol. The van der Waals surface area contributed by atoms with E-state index in [0.717, 1.165) is 36.3 Å². The van der Waals surface area contributed by atoms with Gasteiger partial charge in [0.2, 0.25) is 5.95 Å². The summed E-state index contributed by atoms with van der Waals surface area (Å²) in [6.45, 7) is 3.54. The first-order valence-electron chi connectivity index (χ1n) is 10.9. The van der Waals surface area contributed by atoms with Crippen molar-refractivity contribution in [3.05, 3.63) is 86.0 Å². The maximum atomic E-state index is 13.2. The van der Waals surface area contributed by atoms with Crippen molar-refractivity contribution in [3.63, 3.8) is 0 Å². The van der Waals surface area contributed by atoms with Crippen molar-refractivity contribution < 1.29 is 0 Å². The molecule has 0 bridgehead atoms. The van der Waals surface area contributed by atoms with Crippen LogP contribution in [0.25, 0.3) is 11.2 Å². The number of piperazine rings is 1. The molecule has 0 amide bonds. The van der Waals surface area contributed by atoms with Crippen LogP contribution in [0.3, 0.4) is 0 Å². The van der Waals surface area contributed by atoms with Gasteiger partial charge in [-0.15, -0.1) is 0 Å². The van der Waals surface area contributed by atoms with Gasteiger partial charge in [-0.25, -0.2) is 4.79 Å². The Balaban J connectivity index is 1.59. The summed E-state index contributed by atoms with van der Waals surface area (Å²) >= 11 is 6.45. The molecule has 9 heteroatoms. The van der Waals surface area contributed by atoms with Crippen molar-refractivity contribution in [3.8, 4) is 0 Å². The normalized spacial score (nSPS) is 14.3. The Labute approximate surface area is 195 Å². The summed E-state index contributed by atoms with van der Waals surface area (Å²) in [5.41, 5.74) is 2.12. The van der Waals surface area contributed by atoms with Gasteiger partial charge < -0.3 is 9.80 Å². The molecule has 33 heavy (non-hydrogen) atoms. The summed E-state index contributed by atoms with van der Waals surface area (Å²) < 4.78 is 4.46. The van der Waals surface area contributed by atoms with Crippen LogP contribution in [-0.4, -0.2) is 44.9 Å². The van der Waals surface area contributed by atoms with Gasteiger partial charge in [0.25, 0.3) is 5.56 Å². The number of nitrogens with zero attached hydrogens (tertiary/aromatic N) is 6. The zero-order chi connectivity index (χ0) is 23.1. The van der Waals surface area contributed by atoms with E-state index < -0.39 is 5.69 Å². The Morgan fingerprint density at radius 3 is 2.18 bits per heavy atom. The van der Waals surface area contributed by atoms with Gasteiger partial charge >= 0.3 is 5.69 Å². The molecule has 0 unspecified atom stereocenters. The number of aryl methyl sites for hydroxylation is 1. The van der Waals surface area contributed by atoms with Crippen LogP contribution in [0.5, 0.6) is 0 Å². The largest absolute Gasteiger partial charge is 0.368 e. The molecule has 0 saturated carbocycles. The summed E-state index contributed by atoms with van der Waals surface area (Å²) in [6.07, 6.45) is 0. The molecule has 4 aromatic rings. The van der Waals surface area contributed by atoms with Crippen molar-refractivity contribution in [2.45, 2.75) is 6.54 Å². The monoisotopic (exact) mass is 464 g/mol. The van der Waals surface area contributed by atoms with E-state index in [2.05, 4.69) is 21.9 Å². The highest BCUT2D eigenvalue weighted by Crippen LogP contribution is 2.26. The molecule has 0 N–H and O–H groups in total. The average Bonchev–Trinajstić information content (AvgIpc) is 3.23. The van der Waals surface area contributed by atoms with Gasteiger partial charge in [0.05, 0.1) is 6.54 Å². The Hall–Kier alpha value is -3.52. The maximum Gasteiger partial charge on any atom is 0.332 e. The number of anilines is 2. The van der Waals surface area contributed by atoms with Gasteiger partial charge in [-0.3, -0.25) is 18.5 Å². The Bertz CT molecular complexity index is 1430. The molecular weight excluding hydrogens is 440 g/mol. The van der Waals surface area contributed by atoms with Crippen LogP contribution in [-0.2, 0) is 20.6 Å². The first kappa shape index (κ1) is 21.3. The highest BCUT2D eigenvalue weighted by Gasteiger charge is 2.26. The molecule has 1 fully saturated rings. The summed E-state index contributed by atoms with van der Waals surface area (Å²) in [5.74, 6) is 0.677. The van der Waals surface area contributed by atoms with E-state index in [4.69, 9.17) is 16.6 Å². The van der Waals surface area contributed by atoms with Crippen LogP contribution >= 0.6 is 11.6 Å². The molecule has 1 aliphatic rings. The minimum Gasteiger partial charge on any atom is -0.368 e. The quantitative estimate of drug-likeness (QED) is 0.464. The molecule has 0 spiro atoms. The number of hydrogen-bond acceptors (Lipinski definition) is 5. The number of aromatic nitrogens is 4. The standard InChI is InChI=1S/C24H25ClN6O2/c1-27-21-20(22(32)28(2)24(27)33)31(16-17-8-6-7-11-19(17)25)23(26-21)30-14-12-29(13-15-30)18-9-4-3-5-10-18/h3-11H,12-16H2,1-2H3. The maximum absolute atomic E-state index is 13.2. The van der Waals surface area contributed by atoms with Crippen molar-refractivity contribution in [2.75, 3.05) is 36.0 Å². The van der Waals surface area contributed by atoms with Crippen molar-refractivity contribution in [1.82, 2.24) is 18.7 Å². The van der Waals surface area contributed by atoms with E-state index in [0.29, 0.717) is 28.7 Å². The third-order valence-electron chi connectivity index (χ3n) is 6.30. The summed E-state index contributed by atoms with van der Waals surface area (Å²) in [6, 6.07) is 17.9. The smallest absolute Gasteiger partial charge is 0.332 e. The fourth-order valence-corrected chi connectivity index (χ4v) is 4.62. The van der Waals surface area contributed by atoms with E-state index in [1.54, 1.807) is 7.05 Å². The van der Waals surface area contributed by atoms with Crippen molar-refractivity contribution >= 4 is 34.4 Å². The SMILES string of the molecule is Cn1c(=O)c2c(nc(N3CCN(c4ccccc4)CC3)n2Cc2ccccc2Cl)n(C)c1=O. The highest BCUT2D eigenvalue weighted by molar-refractivity contribution is 6.31.